The topological polar surface area (TPSA) is 102 Å². The number of hydrogen-bond donors (Lipinski definition) is 2. The van der Waals surface area contributed by atoms with Crippen LogP contribution in [0.2, 0.25) is 0 Å². The molecule has 0 unspecified atom stereocenters. The van der Waals surface area contributed by atoms with Crippen molar-refractivity contribution in [2.45, 2.75) is 4.90 Å². The molecule has 0 bridgehead atoms. The summed E-state index contributed by atoms with van der Waals surface area (Å²) in [5.74, 6) is 1.48. The Labute approximate surface area is 182 Å². The van der Waals surface area contributed by atoms with Gasteiger partial charge in [-0.15, -0.1) is 0 Å². The molecule has 0 spiro atoms. The van der Waals surface area contributed by atoms with Crippen molar-refractivity contribution in [1.29, 1.82) is 0 Å². The number of ether oxygens (including phenoxy) is 2. The third-order valence-electron chi connectivity index (χ3n) is 4.60. The van der Waals surface area contributed by atoms with E-state index in [0.29, 0.717) is 18.0 Å². The molecule has 1 aromatic heterocycles. The van der Waals surface area contributed by atoms with Crippen LogP contribution in [0.15, 0.2) is 78.0 Å². The third kappa shape index (κ3) is 3.90. The van der Waals surface area contributed by atoms with Gasteiger partial charge >= 0.3 is 0 Å². The molecule has 0 saturated carbocycles. The maximum atomic E-state index is 13.2. The Morgan fingerprint density at radius 2 is 1.94 bits per heavy atom. The van der Waals surface area contributed by atoms with Gasteiger partial charge in [-0.2, -0.15) is 4.37 Å². The molecular weight excluding hydrogens is 436 g/mol. The summed E-state index contributed by atoms with van der Waals surface area (Å²) in [7, 11) is -3.98. The van der Waals surface area contributed by atoms with Crippen LogP contribution >= 0.6 is 11.5 Å². The standard InChI is InChI=1S/C21H16N4O4S2/c26-31(27,25-21-22-12-24-30-21)19-8-4-7-16(20(19)29-15-5-2-1-3-6-15)14-9-10-18-17(11-14)23-13-28-18/h1-12,23H,13H2,(H,22,24,25). The number of para-hydroxylation sites is 2. The van der Waals surface area contributed by atoms with Gasteiger partial charge in [-0.3, -0.25) is 4.72 Å². The van der Waals surface area contributed by atoms with E-state index in [-0.39, 0.29) is 15.8 Å². The number of fused-ring (bicyclic) bond motifs is 1. The van der Waals surface area contributed by atoms with E-state index in [1.807, 2.05) is 42.5 Å². The van der Waals surface area contributed by atoms with Gasteiger partial charge in [0.2, 0.25) is 5.13 Å². The van der Waals surface area contributed by atoms with Gasteiger partial charge in [0.15, 0.2) is 12.5 Å². The predicted octanol–water partition coefficient (Wildman–Crippen LogP) is 4.56. The molecule has 2 heterocycles. The van der Waals surface area contributed by atoms with E-state index < -0.39 is 10.0 Å². The molecule has 5 rings (SSSR count). The third-order valence-corrected chi connectivity index (χ3v) is 6.67. The van der Waals surface area contributed by atoms with E-state index in [1.54, 1.807) is 18.2 Å². The highest BCUT2D eigenvalue weighted by atomic mass is 32.2. The van der Waals surface area contributed by atoms with Gasteiger partial charge in [0, 0.05) is 17.1 Å². The summed E-state index contributed by atoms with van der Waals surface area (Å²) in [6, 6.07) is 19.7. The maximum absolute atomic E-state index is 13.2. The lowest BCUT2D eigenvalue weighted by molar-refractivity contribution is 0.372. The van der Waals surface area contributed by atoms with Crippen LogP contribution in [0.4, 0.5) is 10.8 Å². The minimum atomic E-state index is -3.98. The monoisotopic (exact) mass is 452 g/mol. The first-order valence-corrected chi connectivity index (χ1v) is 11.5. The lowest BCUT2D eigenvalue weighted by Gasteiger charge is -2.16. The van der Waals surface area contributed by atoms with Crippen molar-refractivity contribution in [1.82, 2.24) is 9.36 Å². The van der Waals surface area contributed by atoms with Crippen LogP contribution in [0.3, 0.4) is 0 Å². The maximum Gasteiger partial charge on any atom is 0.267 e. The van der Waals surface area contributed by atoms with Crippen molar-refractivity contribution in [3.8, 4) is 28.4 Å². The molecule has 1 aliphatic rings. The summed E-state index contributed by atoms with van der Waals surface area (Å²) in [5, 5.41) is 3.32. The number of hydrogen-bond acceptors (Lipinski definition) is 8. The van der Waals surface area contributed by atoms with E-state index in [1.165, 1.54) is 12.4 Å². The molecule has 156 valence electrons. The second kappa shape index (κ2) is 7.89. The van der Waals surface area contributed by atoms with Crippen LogP contribution < -0.4 is 19.5 Å². The Bertz CT molecular complexity index is 1330. The normalized spacial score (nSPS) is 12.5. The summed E-state index contributed by atoms with van der Waals surface area (Å²) in [6.45, 7) is 0.395. The summed E-state index contributed by atoms with van der Waals surface area (Å²) in [5.41, 5.74) is 2.25. The summed E-state index contributed by atoms with van der Waals surface area (Å²) in [4.78, 5) is 3.91. The van der Waals surface area contributed by atoms with Crippen molar-refractivity contribution in [2.24, 2.45) is 0 Å². The fraction of sp³-hybridized carbons (Fsp3) is 0.0476. The van der Waals surface area contributed by atoms with Crippen LogP contribution in [0, 0.1) is 0 Å². The molecule has 10 heteroatoms. The highest BCUT2D eigenvalue weighted by molar-refractivity contribution is 7.93. The van der Waals surface area contributed by atoms with Gasteiger partial charge in [0.25, 0.3) is 10.0 Å². The van der Waals surface area contributed by atoms with Crippen molar-refractivity contribution >= 4 is 32.4 Å². The van der Waals surface area contributed by atoms with E-state index >= 15 is 0 Å². The molecule has 0 radical (unpaired) electrons. The molecule has 0 atom stereocenters. The number of aromatic nitrogens is 2. The predicted molar refractivity (Wildman–Crippen MR) is 118 cm³/mol. The molecular formula is C21H16N4O4S2. The minimum Gasteiger partial charge on any atom is -0.471 e. The number of rotatable bonds is 6. The van der Waals surface area contributed by atoms with Gasteiger partial charge in [-0.25, -0.2) is 13.4 Å². The van der Waals surface area contributed by atoms with E-state index in [2.05, 4.69) is 19.4 Å². The van der Waals surface area contributed by atoms with Crippen LogP contribution in [0.5, 0.6) is 17.2 Å². The van der Waals surface area contributed by atoms with Crippen LogP contribution in [0.1, 0.15) is 0 Å². The van der Waals surface area contributed by atoms with Crippen LogP contribution in [0.25, 0.3) is 11.1 Å². The Kier molecular flexibility index (Phi) is 4.92. The molecule has 4 aromatic rings. The van der Waals surface area contributed by atoms with Gasteiger partial charge in [-0.1, -0.05) is 36.4 Å². The second-order valence-corrected chi connectivity index (χ2v) is 9.01. The van der Waals surface area contributed by atoms with Crippen molar-refractivity contribution in [2.75, 3.05) is 16.8 Å². The Balaban J connectivity index is 1.65. The fourth-order valence-electron chi connectivity index (χ4n) is 3.21. The fourth-order valence-corrected chi connectivity index (χ4v) is 5.02. The van der Waals surface area contributed by atoms with Gasteiger partial charge < -0.3 is 14.8 Å². The number of nitrogens with one attached hydrogen (secondary N) is 2. The summed E-state index contributed by atoms with van der Waals surface area (Å²) >= 11 is 0.954. The van der Waals surface area contributed by atoms with Crippen molar-refractivity contribution in [3.63, 3.8) is 0 Å². The Morgan fingerprint density at radius 3 is 2.74 bits per heavy atom. The zero-order chi connectivity index (χ0) is 21.3. The number of nitrogens with zero attached hydrogens (tertiary/aromatic N) is 2. The zero-order valence-corrected chi connectivity index (χ0v) is 17.6. The second-order valence-electron chi connectivity index (χ2n) is 6.58. The quantitative estimate of drug-likeness (QED) is 0.442. The van der Waals surface area contributed by atoms with Gasteiger partial charge in [0.05, 0.1) is 5.69 Å². The van der Waals surface area contributed by atoms with Gasteiger partial charge in [-0.05, 0) is 35.9 Å². The molecule has 0 aliphatic carbocycles. The largest absolute Gasteiger partial charge is 0.471 e. The molecule has 0 fully saturated rings. The van der Waals surface area contributed by atoms with Gasteiger partial charge in [0.1, 0.15) is 22.7 Å². The number of benzene rings is 3. The average Bonchev–Trinajstić information content (AvgIpc) is 3.45. The zero-order valence-electron chi connectivity index (χ0n) is 16.0. The van der Waals surface area contributed by atoms with E-state index in [9.17, 15) is 8.42 Å². The number of anilines is 2. The van der Waals surface area contributed by atoms with E-state index in [0.717, 1.165) is 28.5 Å². The lowest BCUT2D eigenvalue weighted by Crippen LogP contribution is -2.14. The molecule has 2 N–H and O–H groups in total. The summed E-state index contributed by atoms with van der Waals surface area (Å²) in [6.07, 6.45) is 1.29. The lowest BCUT2D eigenvalue weighted by atomic mass is 10.0. The highest BCUT2D eigenvalue weighted by Gasteiger charge is 2.25. The SMILES string of the molecule is O=S(=O)(Nc1ncns1)c1cccc(-c2ccc3c(c2)NCO3)c1Oc1ccccc1. The first-order chi connectivity index (χ1) is 15.1. The van der Waals surface area contributed by atoms with Crippen molar-refractivity contribution in [3.05, 3.63) is 73.1 Å². The average molecular weight is 453 g/mol. The smallest absolute Gasteiger partial charge is 0.267 e. The Morgan fingerprint density at radius 1 is 1.06 bits per heavy atom. The first kappa shape index (κ1) is 19.3. The molecule has 1 aliphatic heterocycles. The van der Waals surface area contributed by atoms with E-state index in [4.69, 9.17) is 9.47 Å². The first-order valence-electron chi connectivity index (χ1n) is 9.27. The van der Waals surface area contributed by atoms with Crippen LogP contribution in [-0.4, -0.2) is 24.5 Å². The van der Waals surface area contributed by atoms with Crippen LogP contribution in [-0.2, 0) is 10.0 Å². The summed E-state index contributed by atoms with van der Waals surface area (Å²) < 4.78 is 44.3. The van der Waals surface area contributed by atoms with Crippen molar-refractivity contribution < 1.29 is 17.9 Å². The molecule has 31 heavy (non-hydrogen) atoms. The Hall–Kier alpha value is -3.63. The number of sulfonamides is 1. The molecule has 0 saturated heterocycles. The molecule has 3 aromatic carbocycles. The molecule has 0 amide bonds. The highest BCUT2D eigenvalue weighted by Crippen LogP contribution is 2.42. The minimum absolute atomic E-state index is 0.00578. The molecule has 8 nitrogen and oxygen atoms in total.